The second kappa shape index (κ2) is 5.98. The first-order valence-corrected chi connectivity index (χ1v) is 5.83. The van der Waals surface area contributed by atoms with Crippen molar-refractivity contribution in [2.24, 2.45) is 5.73 Å². The van der Waals surface area contributed by atoms with Crippen LogP contribution >= 0.6 is 0 Å². The van der Waals surface area contributed by atoms with Crippen LogP contribution < -0.4 is 11.1 Å². The van der Waals surface area contributed by atoms with E-state index in [1.54, 1.807) is 12.1 Å². The molecule has 18 heavy (non-hydrogen) atoms. The molecule has 0 spiro atoms. The standard InChI is InChI=1S/C15H15N2O/c16-14(11-12-7-3-1-4-8-12)15(18)17-13-9-5-2-6-10-13/h1-9,14H,11,16H2,(H,17,18)/t14-/m0/s1. The van der Waals surface area contributed by atoms with E-state index in [-0.39, 0.29) is 5.91 Å². The van der Waals surface area contributed by atoms with Crippen molar-refractivity contribution >= 4 is 11.6 Å². The van der Waals surface area contributed by atoms with Gasteiger partial charge in [-0.05, 0) is 18.1 Å². The van der Waals surface area contributed by atoms with E-state index in [1.165, 1.54) is 0 Å². The fourth-order valence-corrected chi connectivity index (χ4v) is 1.66. The Hall–Kier alpha value is -2.13. The van der Waals surface area contributed by atoms with E-state index in [9.17, 15) is 4.79 Å². The van der Waals surface area contributed by atoms with Crippen LogP contribution in [0.2, 0.25) is 0 Å². The number of hydrogen-bond acceptors (Lipinski definition) is 2. The Labute approximate surface area is 107 Å². The second-order valence-corrected chi connectivity index (χ2v) is 4.06. The van der Waals surface area contributed by atoms with Crippen molar-refractivity contribution in [2.75, 3.05) is 5.32 Å². The normalized spacial score (nSPS) is 11.8. The third-order valence-electron chi connectivity index (χ3n) is 2.60. The lowest BCUT2D eigenvalue weighted by atomic mass is 10.1. The largest absolute Gasteiger partial charge is 0.324 e. The van der Waals surface area contributed by atoms with Crippen LogP contribution in [0.25, 0.3) is 0 Å². The smallest absolute Gasteiger partial charge is 0.241 e. The molecular formula is C15H15N2O. The number of hydrogen-bond donors (Lipinski definition) is 2. The molecule has 2 rings (SSSR count). The Balaban J connectivity index is 1.93. The van der Waals surface area contributed by atoms with E-state index in [0.717, 1.165) is 5.56 Å². The van der Waals surface area contributed by atoms with Gasteiger partial charge in [0.1, 0.15) is 0 Å². The van der Waals surface area contributed by atoms with Crippen LogP contribution in [0, 0.1) is 6.07 Å². The number of nitrogens with one attached hydrogen (secondary N) is 1. The summed E-state index contributed by atoms with van der Waals surface area (Å²) in [6, 6.07) is 19.3. The monoisotopic (exact) mass is 239 g/mol. The molecule has 0 aliphatic heterocycles. The Morgan fingerprint density at radius 1 is 1.17 bits per heavy atom. The van der Waals surface area contributed by atoms with E-state index in [1.807, 2.05) is 42.5 Å². The molecule has 3 heteroatoms. The van der Waals surface area contributed by atoms with Gasteiger partial charge in [0.2, 0.25) is 5.91 Å². The molecule has 2 aromatic carbocycles. The van der Waals surface area contributed by atoms with Crippen LogP contribution in [0.5, 0.6) is 0 Å². The maximum absolute atomic E-state index is 11.9. The summed E-state index contributed by atoms with van der Waals surface area (Å²) in [6.45, 7) is 0. The van der Waals surface area contributed by atoms with Gasteiger partial charge in [-0.1, -0.05) is 48.5 Å². The molecule has 0 bridgehead atoms. The lowest BCUT2D eigenvalue weighted by Crippen LogP contribution is -2.37. The molecule has 3 nitrogen and oxygen atoms in total. The minimum absolute atomic E-state index is 0.193. The van der Waals surface area contributed by atoms with Gasteiger partial charge in [0.25, 0.3) is 0 Å². The molecule has 0 saturated carbocycles. The highest BCUT2D eigenvalue weighted by Crippen LogP contribution is 2.06. The summed E-state index contributed by atoms with van der Waals surface area (Å²) in [5.41, 5.74) is 7.57. The second-order valence-electron chi connectivity index (χ2n) is 4.06. The fraction of sp³-hybridized carbons (Fsp3) is 0.133. The van der Waals surface area contributed by atoms with Crippen LogP contribution in [0.4, 0.5) is 5.69 Å². The summed E-state index contributed by atoms with van der Waals surface area (Å²) >= 11 is 0. The maximum atomic E-state index is 11.9. The number of nitrogens with two attached hydrogens (primary N) is 1. The number of carbonyl (C=O) groups is 1. The van der Waals surface area contributed by atoms with Gasteiger partial charge in [0.05, 0.1) is 6.04 Å². The van der Waals surface area contributed by atoms with Crippen molar-refractivity contribution in [3.05, 3.63) is 66.2 Å². The quantitative estimate of drug-likeness (QED) is 0.857. The van der Waals surface area contributed by atoms with Gasteiger partial charge in [-0.2, -0.15) is 0 Å². The molecule has 0 unspecified atom stereocenters. The number of rotatable bonds is 4. The zero-order chi connectivity index (χ0) is 12.8. The first kappa shape index (κ1) is 12.3. The van der Waals surface area contributed by atoms with Crippen LogP contribution in [-0.4, -0.2) is 11.9 Å². The molecule has 0 aliphatic carbocycles. The first-order valence-electron chi connectivity index (χ1n) is 5.83. The molecule has 0 saturated heterocycles. The van der Waals surface area contributed by atoms with Gasteiger partial charge in [-0.3, -0.25) is 4.79 Å². The molecule has 1 atom stereocenters. The molecule has 0 aromatic heterocycles. The van der Waals surface area contributed by atoms with Crippen molar-refractivity contribution in [1.82, 2.24) is 0 Å². The summed E-state index contributed by atoms with van der Waals surface area (Å²) in [4.78, 5) is 11.9. The highest BCUT2D eigenvalue weighted by atomic mass is 16.2. The van der Waals surface area contributed by atoms with Crippen molar-refractivity contribution in [2.45, 2.75) is 12.5 Å². The van der Waals surface area contributed by atoms with Gasteiger partial charge >= 0.3 is 0 Å². The Bertz CT molecular complexity index is 496. The maximum Gasteiger partial charge on any atom is 0.241 e. The molecule has 91 valence electrons. The highest BCUT2D eigenvalue weighted by molar-refractivity contribution is 5.94. The number of para-hydroxylation sites is 1. The zero-order valence-corrected chi connectivity index (χ0v) is 9.97. The minimum Gasteiger partial charge on any atom is -0.324 e. The van der Waals surface area contributed by atoms with Gasteiger partial charge < -0.3 is 11.1 Å². The number of carbonyl (C=O) groups excluding carboxylic acids is 1. The highest BCUT2D eigenvalue weighted by Gasteiger charge is 2.13. The first-order chi connectivity index (χ1) is 8.75. The molecule has 1 amide bonds. The Morgan fingerprint density at radius 3 is 2.56 bits per heavy atom. The molecule has 1 radical (unpaired) electrons. The van der Waals surface area contributed by atoms with Gasteiger partial charge in [-0.25, -0.2) is 0 Å². The molecule has 0 fully saturated rings. The third kappa shape index (κ3) is 3.43. The molecular weight excluding hydrogens is 224 g/mol. The number of benzene rings is 2. The number of anilines is 1. The molecule has 0 heterocycles. The fourth-order valence-electron chi connectivity index (χ4n) is 1.66. The van der Waals surface area contributed by atoms with Gasteiger partial charge in [0.15, 0.2) is 0 Å². The Kier molecular flexibility index (Phi) is 4.10. The van der Waals surface area contributed by atoms with Crippen LogP contribution in [0.1, 0.15) is 5.56 Å². The van der Waals surface area contributed by atoms with E-state index in [4.69, 9.17) is 5.73 Å². The van der Waals surface area contributed by atoms with Crippen molar-refractivity contribution in [3.8, 4) is 0 Å². The predicted octanol–water partition coefficient (Wildman–Crippen LogP) is 2.00. The third-order valence-corrected chi connectivity index (χ3v) is 2.60. The predicted molar refractivity (Wildman–Crippen MR) is 72.0 cm³/mol. The average molecular weight is 239 g/mol. The van der Waals surface area contributed by atoms with E-state index in [2.05, 4.69) is 11.4 Å². The minimum atomic E-state index is -0.555. The lowest BCUT2D eigenvalue weighted by molar-refractivity contribution is -0.117. The molecule has 0 aliphatic rings. The van der Waals surface area contributed by atoms with E-state index in [0.29, 0.717) is 12.1 Å². The van der Waals surface area contributed by atoms with Crippen LogP contribution in [0.3, 0.4) is 0 Å². The summed E-state index contributed by atoms with van der Waals surface area (Å²) in [5.74, 6) is -0.193. The van der Waals surface area contributed by atoms with Crippen molar-refractivity contribution < 1.29 is 4.79 Å². The van der Waals surface area contributed by atoms with Crippen molar-refractivity contribution in [3.63, 3.8) is 0 Å². The number of amides is 1. The van der Waals surface area contributed by atoms with Crippen LogP contribution in [0.15, 0.2) is 54.6 Å². The molecule has 3 N–H and O–H groups in total. The topological polar surface area (TPSA) is 55.1 Å². The summed E-state index contributed by atoms with van der Waals surface area (Å²) in [5, 5.41) is 2.74. The van der Waals surface area contributed by atoms with E-state index >= 15 is 0 Å². The zero-order valence-electron chi connectivity index (χ0n) is 9.97. The lowest BCUT2D eigenvalue weighted by Gasteiger charge is -2.12. The Morgan fingerprint density at radius 2 is 1.89 bits per heavy atom. The average Bonchev–Trinajstić information content (AvgIpc) is 2.41. The summed E-state index contributed by atoms with van der Waals surface area (Å²) in [6.07, 6.45) is 0.527. The summed E-state index contributed by atoms with van der Waals surface area (Å²) < 4.78 is 0. The van der Waals surface area contributed by atoms with Gasteiger partial charge in [0, 0.05) is 11.8 Å². The van der Waals surface area contributed by atoms with Crippen LogP contribution in [-0.2, 0) is 11.2 Å². The molecule has 2 aromatic rings. The van der Waals surface area contributed by atoms with Crippen molar-refractivity contribution in [1.29, 1.82) is 0 Å². The summed E-state index contributed by atoms with van der Waals surface area (Å²) in [7, 11) is 0. The van der Waals surface area contributed by atoms with Gasteiger partial charge in [-0.15, -0.1) is 0 Å². The SMILES string of the molecule is N[C@@H](Cc1ccccc1)C(=O)Nc1[c]cccc1. The van der Waals surface area contributed by atoms with E-state index < -0.39 is 6.04 Å².